The molecule has 1 aliphatic carbocycles. The lowest BCUT2D eigenvalue weighted by molar-refractivity contribution is -0.258. The molecule has 0 bridgehead atoms. The molecular formula is C12H11BrClF3N2O. The van der Waals surface area contributed by atoms with Gasteiger partial charge in [0.15, 0.2) is 5.60 Å². The zero-order valence-electron chi connectivity index (χ0n) is 10.2. The first-order valence-electron chi connectivity index (χ1n) is 6.06. The Kier molecular flexibility index (Phi) is 3.05. The molecule has 3 rings (SSSR count). The Morgan fingerprint density at radius 3 is 2.70 bits per heavy atom. The number of halogens is 5. The Labute approximate surface area is 126 Å². The maximum Gasteiger partial charge on any atom is 0.417 e. The number of anilines is 1. The van der Waals surface area contributed by atoms with E-state index in [-0.39, 0.29) is 19.3 Å². The number of alkyl halides is 3. The molecule has 0 saturated heterocycles. The number of hydrogen-bond donors (Lipinski definition) is 2. The van der Waals surface area contributed by atoms with Gasteiger partial charge in [-0.15, -0.1) is 0 Å². The highest BCUT2D eigenvalue weighted by atomic mass is 79.9. The molecule has 0 aromatic carbocycles. The lowest BCUT2D eigenvalue weighted by atomic mass is 9.80. The first-order chi connectivity index (χ1) is 9.19. The number of hydrogen-bond acceptors (Lipinski definition) is 3. The van der Waals surface area contributed by atoms with Gasteiger partial charge in [-0.1, -0.05) is 11.6 Å². The molecule has 3 nitrogen and oxygen atoms in total. The molecule has 0 radical (unpaired) electrons. The number of fused-ring (bicyclic) bond motifs is 2. The fourth-order valence-electron chi connectivity index (χ4n) is 3.21. The van der Waals surface area contributed by atoms with Crippen LogP contribution >= 0.6 is 27.5 Å². The van der Waals surface area contributed by atoms with Crippen LogP contribution in [-0.4, -0.2) is 28.4 Å². The number of aliphatic hydroxyl groups is 1. The normalized spacial score (nSPS) is 32.5. The molecule has 8 heteroatoms. The van der Waals surface area contributed by atoms with E-state index in [9.17, 15) is 18.3 Å². The SMILES string of the molecule is OC1(C(F)(F)F)CCC2(CNc3ncc(Br)c(Cl)c32)C1. The number of nitrogens with zero attached hydrogens (tertiary/aromatic N) is 1. The molecule has 110 valence electrons. The Bertz CT molecular complexity index is 583. The number of pyridine rings is 1. The molecule has 2 N–H and O–H groups in total. The van der Waals surface area contributed by atoms with Crippen molar-refractivity contribution in [3.63, 3.8) is 0 Å². The Hall–Kier alpha value is -0.530. The Balaban J connectivity index is 2.06. The zero-order valence-corrected chi connectivity index (χ0v) is 12.5. The molecular weight excluding hydrogens is 360 g/mol. The molecule has 1 fully saturated rings. The summed E-state index contributed by atoms with van der Waals surface area (Å²) in [5, 5.41) is 13.3. The van der Waals surface area contributed by atoms with Crippen LogP contribution in [0.25, 0.3) is 0 Å². The van der Waals surface area contributed by atoms with E-state index < -0.39 is 17.2 Å². The molecule has 1 aliphatic heterocycles. The van der Waals surface area contributed by atoms with Gasteiger partial charge in [0.1, 0.15) is 5.82 Å². The smallest absolute Gasteiger partial charge is 0.380 e. The summed E-state index contributed by atoms with van der Waals surface area (Å²) in [7, 11) is 0. The van der Waals surface area contributed by atoms with Crippen LogP contribution in [0.4, 0.5) is 19.0 Å². The predicted octanol–water partition coefficient (Wildman–Crippen LogP) is 3.64. The van der Waals surface area contributed by atoms with Gasteiger partial charge in [-0.25, -0.2) is 4.98 Å². The van der Waals surface area contributed by atoms with Gasteiger partial charge in [0, 0.05) is 23.7 Å². The van der Waals surface area contributed by atoms with Crippen LogP contribution in [0.15, 0.2) is 10.7 Å². The van der Waals surface area contributed by atoms with Crippen molar-refractivity contribution < 1.29 is 18.3 Å². The fourth-order valence-corrected chi connectivity index (χ4v) is 3.85. The van der Waals surface area contributed by atoms with E-state index in [1.807, 2.05) is 0 Å². The van der Waals surface area contributed by atoms with Crippen molar-refractivity contribution in [2.45, 2.75) is 36.5 Å². The summed E-state index contributed by atoms with van der Waals surface area (Å²) in [6, 6.07) is 0. The van der Waals surface area contributed by atoms with Crippen molar-refractivity contribution in [3.05, 3.63) is 21.3 Å². The third-order valence-corrected chi connectivity index (χ3v) is 5.50. The summed E-state index contributed by atoms with van der Waals surface area (Å²) >= 11 is 9.47. The van der Waals surface area contributed by atoms with Crippen molar-refractivity contribution >= 4 is 33.3 Å². The summed E-state index contributed by atoms with van der Waals surface area (Å²) in [6.45, 7) is 0.309. The van der Waals surface area contributed by atoms with E-state index in [1.54, 1.807) is 0 Å². The van der Waals surface area contributed by atoms with E-state index in [0.29, 0.717) is 27.4 Å². The Morgan fingerprint density at radius 1 is 1.40 bits per heavy atom. The van der Waals surface area contributed by atoms with Crippen LogP contribution in [0.3, 0.4) is 0 Å². The van der Waals surface area contributed by atoms with Gasteiger partial charge in [-0.3, -0.25) is 0 Å². The second-order valence-corrected chi connectivity index (χ2v) is 6.72. The predicted molar refractivity (Wildman–Crippen MR) is 72.0 cm³/mol. The van der Waals surface area contributed by atoms with Crippen molar-refractivity contribution in [2.75, 3.05) is 11.9 Å². The average molecular weight is 372 g/mol. The van der Waals surface area contributed by atoms with Crippen molar-refractivity contribution in [1.29, 1.82) is 0 Å². The van der Waals surface area contributed by atoms with Crippen molar-refractivity contribution in [3.8, 4) is 0 Å². The van der Waals surface area contributed by atoms with Crippen LogP contribution in [0, 0.1) is 0 Å². The molecule has 2 unspecified atom stereocenters. The van der Waals surface area contributed by atoms with Crippen LogP contribution in [-0.2, 0) is 5.41 Å². The quantitative estimate of drug-likeness (QED) is 0.732. The van der Waals surface area contributed by atoms with Crippen LogP contribution < -0.4 is 5.32 Å². The lowest BCUT2D eigenvalue weighted by Crippen LogP contribution is -2.44. The molecule has 1 saturated carbocycles. The van der Waals surface area contributed by atoms with E-state index >= 15 is 0 Å². The molecule has 2 aliphatic rings. The van der Waals surface area contributed by atoms with Gasteiger partial charge < -0.3 is 10.4 Å². The highest BCUT2D eigenvalue weighted by Gasteiger charge is 2.63. The lowest BCUT2D eigenvalue weighted by Gasteiger charge is -2.29. The number of aromatic nitrogens is 1. The van der Waals surface area contributed by atoms with Gasteiger partial charge in [0.25, 0.3) is 0 Å². The number of rotatable bonds is 0. The summed E-state index contributed by atoms with van der Waals surface area (Å²) in [4.78, 5) is 4.14. The first-order valence-corrected chi connectivity index (χ1v) is 7.23. The number of nitrogens with one attached hydrogen (secondary N) is 1. The largest absolute Gasteiger partial charge is 0.417 e. The second-order valence-electron chi connectivity index (χ2n) is 5.48. The standard InChI is InChI=1S/C12H11BrClF3N2O/c13-6-3-18-9-7(8(6)14)10(5-19-9)1-2-11(20,4-10)12(15,16)17/h3,20H,1-2,4-5H2,(H,18,19). The third kappa shape index (κ3) is 1.86. The van der Waals surface area contributed by atoms with Gasteiger partial charge >= 0.3 is 6.18 Å². The monoisotopic (exact) mass is 370 g/mol. The molecule has 0 amide bonds. The summed E-state index contributed by atoms with van der Waals surface area (Å²) in [5.74, 6) is 0.504. The first kappa shape index (κ1) is 14.4. The van der Waals surface area contributed by atoms with E-state index in [4.69, 9.17) is 11.6 Å². The van der Waals surface area contributed by atoms with Gasteiger partial charge in [0.05, 0.1) is 9.50 Å². The van der Waals surface area contributed by atoms with Crippen molar-refractivity contribution in [2.24, 2.45) is 0 Å². The van der Waals surface area contributed by atoms with Crippen LogP contribution in [0.1, 0.15) is 24.8 Å². The molecule has 2 heterocycles. The molecule has 20 heavy (non-hydrogen) atoms. The van der Waals surface area contributed by atoms with E-state index in [2.05, 4.69) is 26.2 Å². The maximum atomic E-state index is 13.0. The minimum Gasteiger partial charge on any atom is -0.380 e. The van der Waals surface area contributed by atoms with Crippen LogP contribution in [0.5, 0.6) is 0 Å². The molecule has 1 aromatic heterocycles. The van der Waals surface area contributed by atoms with E-state index in [1.165, 1.54) is 6.20 Å². The van der Waals surface area contributed by atoms with Gasteiger partial charge in [0.2, 0.25) is 0 Å². The van der Waals surface area contributed by atoms with Crippen LogP contribution in [0.2, 0.25) is 5.02 Å². The van der Waals surface area contributed by atoms with Gasteiger partial charge in [-0.2, -0.15) is 13.2 Å². The fraction of sp³-hybridized carbons (Fsp3) is 0.583. The average Bonchev–Trinajstić information content (AvgIpc) is 2.87. The molecule has 2 atom stereocenters. The Morgan fingerprint density at radius 2 is 2.10 bits per heavy atom. The maximum absolute atomic E-state index is 13.0. The van der Waals surface area contributed by atoms with E-state index in [0.717, 1.165) is 0 Å². The van der Waals surface area contributed by atoms with Gasteiger partial charge in [-0.05, 0) is 35.2 Å². The zero-order chi connectivity index (χ0) is 14.8. The summed E-state index contributed by atoms with van der Waals surface area (Å²) in [5.41, 5.74) is -2.89. The minimum absolute atomic E-state index is 0.223. The highest BCUT2D eigenvalue weighted by Crippen LogP contribution is 2.57. The molecule has 1 aromatic rings. The minimum atomic E-state index is -4.63. The van der Waals surface area contributed by atoms with Crippen molar-refractivity contribution in [1.82, 2.24) is 4.98 Å². The summed E-state index contributed by atoms with van der Waals surface area (Å²) in [6.07, 6.45) is -3.61. The summed E-state index contributed by atoms with van der Waals surface area (Å²) < 4.78 is 39.6. The highest BCUT2D eigenvalue weighted by molar-refractivity contribution is 9.10. The third-order valence-electron chi connectivity index (χ3n) is 4.27. The topological polar surface area (TPSA) is 45.1 Å². The second kappa shape index (κ2) is 4.24. The molecule has 1 spiro atoms.